The van der Waals surface area contributed by atoms with Crippen molar-refractivity contribution in [2.24, 2.45) is 5.73 Å². The molecule has 0 radical (unpaired) electrons. The first kappa shape index (κ1) is 11.2. The van der Waals surface area contributed by atoms with Gasteiger partial charge >= 0.3 is 0 Å². The van der Waals surface area contributed by atoms with Gasteiger partial charge in [0, 0.05) is 17.1 Å². The fourth-order valence-electron chi connectivity index (χ4n) is 1.67. The van der Waals surface area contributed by atoms with Crippen LogP contribution in [0.1, 0.15) is 12.0 Å². The number of hydrogen-bond acceptors (Lipinski definition) is 2. The van der Waals surface area contributed by atoms with Gasteiger partial charge < -0.3 is 16.0 Å². The minimum Gasteiger partial charge on any atom is -0.361 e. The molecule has 3 heteroatoms. The Morgan fingerprint density at radius 2 is 1.88 bits per heavy atom. The van der Waals surface area contributed by atoms with Crippen LogP contribution in [0, 0.1) is 0 Å². The van der Waals surface area contributed by atoms with Crippen molar-refractivity contribution >= 4 is 10.9 Å². The monoisotopic (exact) mass is 217 g/mol. The van der Waals surface area contributed by atoms with E-state index in [1.54, 1.807) is 0 Å². The average molecular weight is 217 g/mol. The molecule has 0 unspecified atom stereocenters. The zero-order valence-corrected chi connectivity index (χ0v) is 9.50. The molecule has 0 spiro atoms. The van der Waals surface area contributed by atoms with Crippen LogP contribution >= 0.6 is 0 Å². The zero-order valence-electron chi connectivity index (χ0n) is 9.50. The van der Waals surface area contributed by atoms with E-state index in [2.05, 4.69) is 28.5 Å². The Labute approximate surface area is 96.0 Å². The standard InChI is InChI=1S/C10H12N2.C3H7N/c11-6-5-8-7-12-10-4-2-1-3-9(8)10;1-2-4-3-1/h1-4,7,12H,5-6,11H2;4H,1-3H2. The molecule has 1 aliphatic heterocycles. The van der Waals surface area contributed by atoms with E-state index in [4.69, 9.17) is 5.73 Å². The number of rotatable bonds is 2. The second-order valence-corrected chi connectivity index (χ2v) is 4.00. The van der Waals surface area contributed by atoms with E-state index in [0.29, 0.717) is 6.54 Å². The number of aromatic nitrogens is 1. The number of para-hydroxylation sites is 1. The van der Waals surface area contributed by atoms with Crippen molar-refractivity contribution in [3.05, 3.63) is 36.0 Å². The van der Waals surface area contributed by atoms with Crippen LogP contribution in [0.4, 0.5) is 0 Å². The average Bonchev–Trinajstić information content (AvgIpc) is 2.60. The van der Waals surface area contributed by atoms with Crippen molar-refractivity contribution in [1.29, 1.82) is 0 Å². The third-order valence-electron chi connectivity index (χ3n) is 2.80. The molecule has 2 aromatic rings. The number of nitrogens with two attached hydrogens (primary N) is 1. The van der Waals surface area contributed by atoms with E-state index < -0.39 is 0 Å². The highest BCUT2D eigenvalue weighted by Gasteiger charge is 1.99. The van der Waals surface area contributed by atoms with E-state index in [9.17, 15) is 0 Å². The molecule has 4 N–H and O–H groups in total. The summed E-state index contributed by atoms with van der Waals surface area (Å²) in [5, 5.41) is 4.41. The number of H-pyrrole nitrogens is 1. The first-order chi connectivity index (χ1) is 7.92. The lowest BCUT2D eigenvalue weighted by atomic mass is 10.1. The second-order valence-electron chi connectivity index (χ2n) is 4.00. The molecule has 0 amide bonds. The van der Waals surface area contributed by atoms with Gasteiger partial charge in [-0.15, -0.1) is 0 Å². The summed E-state index contributed by atoms with van der Waals surface area (Å²) in [6.45, 7) is 3.21. The van der Waals surface area contributed by atoms with Crippen LogP contribution in [0.15, 0.2) is 30.5 Å². The van der Waals surface area contributed by atoms with Crippen molar-refractivity contribution in [2.75, 3.05) is 19.6 Å². The fraction of sp³-hybridized carbons (Fsp3) is 0.385. The number of aromatic amines is 1. The summed E-state index contributed by atoms with van der Waals surface area (Å²) in [4.78, 5) is 3.22. The van der Waals surface area contributed by atoms with Crippen LogP contribution in [0.2, 0.25) is 0 Å². The Morgan fingerprint density at radius 1 is 1.19 bits per heavy atom. The fourth-order valence-corrected chi connectivity index (χ4v) is 1.67. The lowest BCUT2D eigenvalue weighted by Gasteiger charge is -2.09. The molecule has 1 saturated heterocycles. The molecule has 0 aliphatic carbocycles. The van der Waals surface area contributed by atoms with E-state index in [1.165, 1.54) is 36.0 Å². The van der Waals surface area contributed by atoms with Gasteiger partial charge in [-0.05, 0) is 44.1 Å². The molecule has 1 aliphatic rings. The largest absolute Gasteiger partial charge is 0.361 e. The summed E-state index contributed by atoms with van der Waals surface area (Å²) in [5.41, 5.74) is 8.01. The Balaban J connectivity index is 0.000000203. The number of hydrogen-bond donors (Lipinski definition) is 3. The predicted molar refractivity (Wildman–Crippen MR) is 68.5 cm³/mol. The normalized spacial score (nSPS) is 14.1. The molecule has 2 heterocycles. The Hall–Kier alpha value is -1.32. The van der Waals surface area contributed by atoms with Gasteiger partial charge in [-0.2, -0.15) is 0 Å². The first-order valence-electron chi connectivity index (χ1n) is 5.87. The molecular formula is C13H19N3. The highest BCUT2D eigenvalue weighted by atomic mass is 14.9. The number of benzene rings is 1. The zero-order chi connectivity index (χ0) is 11.2. The summed E-state index contributed by atoms with van der Waals surface area (Å²) >= 11 is 0. The van der Waals surface area contributed by atoms with Gasteiger partial charge in [0.15, 0.2) is 0 Å². The smallest absolute Gasteiger partial charge is 0.0456 e. The molecular weight excluding hydrogens is 198 g/mol. The molecule has 1 fully saturated rings. The lowest BCUT2D eigenvalue weighted by molar-refractivity contribution is 0.527. The Bertz CT molecular complexity index is 425. The van der Waals surface area contributed by atoms with Gasteiger partial charge in [0.1, 0.15) is 0 Å². The van der Waals surface area contributed by atoms with E-state index >= 15 is 0 Å². The van der Waals surface area contributed by atoms with Crippen LogP contribution in [0.3, 0.4) is 0 Å². The minimum atomic E-state index is 0.710. The van der Waals surface area contributed by atoms with Crippen molar-refractivity contribution in [3.63, 3.8) is 0 Å². The molecule has 0 bridgehead atoms. The van der Waals surface area contributed by atoms with Gasteiger partial charge in [-0.25, -0.2) is 0 Å². The number of fused-ring (bicyclic) bond motifs is 1. The maximum absolute atomic E-state index is 5.50. The molecule has 0 saturated carbocycles. The van der Waals surface area contributed by atoms with Gasteiger partial charge in [0.05, 0.1) is 0 Å². The maximum atomic E-state index is 5.50. The highest BCUT2D eigenvalue weighted by molar-refractivity contribution is 5.82. The van der Waals surface area contributed by atoms with E-state index in [-0.39, 0.29) is 0 Å². The SMILES string of the molecule is C1CNC1.NCCc1c[nH]c2ccccc12. The summed E-state index contributed by atoms with van der Waals surface area (Å²) < 4.78 is 0. The third kappa shape index (κ3) is 2.62. The van der Waals surface area contributed by atoms with Crippen molar-refractivity contribution in [1.82, 2.24) is 10.3 Å². The van der Waals surface area contributed by atoms with Crippen LogP contribution in [0.5, 0.6) is 0 Å². The van der Waals surface area contributed by atoms with Gasteiger partial charge in [0.2, 0.25) is 0 Å². The summed E-state index contributed by atoms with van der Waals surface area (Å²) in [6.07, 6.45) is 4.38. The van der Waals surface area contributed by atoms with E-state index in [1.807, 2.05) is 12.3 Å². The summed E-state index contributed by atoms with van der Waals surface area (Å²) in [7, 11) is 0. The van der Waals surface area contributed by atoms with Crippen LogP contribution in [-0.4, -0.2) is 24.6 Å². The predicted octanol–water partition coefficient (Wildman–Crippen LogP) is 1.65. The molecule has 1 aromatic carbocycles. The molecule has 3 nitrogen and oxygen atoms in total. The highest BCUT2D eigenvalue weighted by Crippen LogP contribution is 2.17. The molecule has 3 rings (SSSR count). The van der Waals surface area contributed by atoms with E-state index in [0.717, 1.165) is 6.42 Å². The van der Waals surface area contributed by atoms with Crippen molar-refractivity contribution < 1.29 is 0 Å². The van der Waals surface area contributed by atoms with Crippen molar-refractivity contribution in [2.45, 2.75) is 12.8 Å². The van der Waals surface area contributed by atoms with Crippen molar-refractivity contribution in [3.8, 4) is 0 Å². The molecule has 0 atom stereocenters. The Morgan fingerprint density at radius 3 is 2.50 bits per heavy atom. The van der Waals surface area contributed by atoms with Crippen LogP contribution < -0.4 is 11.1 Å². The quantitative estimate of drug-likeness (QED) is 0.716. The van der Waals surface area contributed by atoms with Gasteiger partial charge in [0.25, 0.3) is 0 Å². The second kappa shape index (κ2) is 5.68. The van der Waals surface area contributed by atoms with Crippen LogP contribution in [0.25, 0.3) is 10.9 Å². The maximum Gasteiger partial charge on any atom is 0.0456 e. The van der Waals surface area contributed by atoms with Gasteiger partial charge in [-0.3, -0.25) is 0 Å². The topological polar surface area (TPSA) is 53.8 Å². The Kier molecular flexibility index (Phi) is 3.97. The lowest BCUT2D eigenvalue weighted by Crippen LogP contribution is -2.29. The minimum absolute atomic E-state index is 0.710. The first-order valence-corrected chi connectivity index (χ1v) is 5.87. The van der Waals surface area contributed by atoms with Crippen LogP contribution in [-0.2, 0) is 6.42 Å². The summed E-state index contributed by atoms with van der Waals surface area (Å²) in [5.74, 6) is 0. The number of nitrogens with one attached hydrogen (secondary N) is 2. The third-order valence-corrected chi connectivity index (χ3v) is 2.80. The molecule has 86 valence electrons. The summed E-state index contributed by atoms with van der Waals surface area (Å²) in [6, 6.07) is 8.29. The molecule has 1 aromatic heterocycles. The van der Waals surface area contributed by atoms with Gasteiger partial charge in [-0.1, -0.05) is 18.2 Å². The molecule has 16 heavy (non-hydrogen) atoms.